The zero-order chi connectivity index (χ0) is 4.99. The number of nitrogens with zero attached hydrogens (tertiary/aromatic N) is 2. The molecule has 0 amide bonds. The number of rotatable bonds is 0. The lowest BCUT2D eigenvalue weighted by Crippen LogP contribution is -1.91. The van der Waals surface area contributed by atoms with Crippen molar-refractivity contribution in [2.24, 2.45) is 0 Å². The summed E-state index contributed by atoms with van der Waals surface area (Å²) < 4.78 is 0. The molecule has 0 unspecified atom stereocenters. The predicted molar refractivity (Wildman–Crippen MR) is 15.7 cm³/mol. The Bertz CT molecular complexity index is 92.9. The van der Waals surface area contributed by atoms with Crippen molar-refractivity contribution in [2.75, 3.05) is 0 Å². The summed E-state index contributed by atoms with van der Waals surface area (Å²) in [7, 11) is 0. The molecule has 0 aromatic carbocycles. The summed E-state index contributed by atoms with van der Waals surface area (Å²) in [6, 6.07) is 2.40. The highest BCUT2D eigenvalue weighted by Crippen LogP contribution is 1.69. The van der Waals surface area contributed by atoms with Gasteiger partial charge in [-0.2, -0.15) is 15.6 Å². The smallest absolute Gasteiger partial charge is 0.200 e. The maximum absolute atomic E-state index is 9.54. The fourth-order valence-corrected chi connectivity index (χ4v) is 0.0289. The van der Waals surface area contributed by atoms with Gasteiger partial charge in [0, 0.05) is 0 Å². The Morgan fingerprint density at radius 2 is 1.67 bits per heavy atom. The van der Waals surface area contributed by atoms with Crippen molar-refractivity contribution in [1.82, 2.24) is 0 Å². The first-order valence-corrected chi connectivity index (χ1v) is 1.26. The highest BCUT2D eigenvalue weighted by atomic mass is 16.3. The van der Waals surface area contributed by atoms with Crippen LogP contribution < -0.4 is 0 Å². The van der Waals surface area contributed by atoms with Crippen LogP contribution in [0.25, 0.3) is 0 Å². The average molecular weight is 81.1 g/mol. The van der Waals surface area contributed by atoms with E-state index in [2.05, 4.69) is 0 Å². The summed E-state index contributed by atoms with van der Waals surface area (Å²) in [4.78, 5) is 0. The lowest BCUT2D eigenvalue weighted by atomic mass is 10.5. The van der Waals surface area contributed by atoms with Gasteiger partial charge < -0.3 is 0 Å². The van der Waals surface area contributed by atoms with Crippen LogP contribution in [-0.2, 0) is 5.11 Å². The molecule has 0 spiro atoms. The first kappa shape index (κ1) is 4.94. The molecule has 0 aliphatic heterocycles. The molecule has 0 N–H and O–H groups in total. The van der Waals surface area contributed by atoms with Gasteiger partial charge in [0.1, 0.15) is 12.1 Å². The van der Waals surface area contributed by atoms with E-state index in [1.54, 1.807) is 0 Å². The van der Waals surface area contributed by atoms with Gasteiger partial charge >= 0.3 is 0 Å². The predicted octanol–water partition coefficient (Wildman–Crippen LogP) is -0.167. The summed E-state index contributed by atoms with van der Waals surface area (Å²) >= 11 is 0. The molecule has 29 valence electrons. The van der Waals surface area contributed by atoms with Crippen molar-refractivity contribution >= 4 is 0 Å². The van der Waals surface area contributed by atoms with E-state index >= 15 is 0 Å². The first-order chi connectivity index (χ1) is 2.81. The summed E-state index contributed by atoms with van der Waals surface area (Å²) in [5.41, 5.74) is 0. The summed E-state index contributed by atoms with van der Waals surface area (Å²) in [6.07, 6.45) is -1.70. The van der Waals surface area contributed by atoms with Gasteiger partial charge in [0.2, 0.25) is 0 Å². The lowest BCUT2D eigenvalue weighted by molar-refractivity contribution is 0.181. The Kier molecular flexibility index (Phi) is 1.81. The summed E-state index contributed by atoms with van der Waals surface area (Å²) in [5, 5.41) is 24.6. The van der Waals surface area contributed by atoms with Crippen molar-refractivity contribution in [2.45, 2.75) is 6.10 Å². The van der Waals surface area contributed by atoms with Crippen LogP contribution in [0.1, 0.15) is 0 Å². The van der Waals surface area contributed by atoms with Gasteiger partial charge in [-0.25, -0.2) is 0 Å². The Morgan fingerprint density at radius 3 is 1.67 bits per heavy atom. The van der Waals surface area contributed by atoms with Gasteiger partial charge in [-0.05, 0) is 0 Å². The molecule has 3 nitrogen and oxygen atoms in total. The number of hydrogen-bond acceptors (Lipinski definition) is 2. The molecule has 0 bridgehead atoms. The number of nitriles is 2. The fraction of sp³-hybridized carbons (Fsp3) is 0.333. The minimum atomic E-state index is -1.70. The molecule has 0 saturated carbocycles. The monoisotopic (exact) mass is 81.0 g/mol. The van der Waals surface area contributed by atoms with E-state index in [1.807, 2.05) is 0 Å². The van der Waals surface area contributed by atoms with Crippen molar-refractivity contribution in [3.05, 3.63) is 0 Å². The summed E-state index contributed by atoms with van der Waals surface area (Å²) in [6.45, 7) is 0. The van der Waals surface area contributed by atoms with Crippen LogP contribution in [-0.4, -0.2) is 6.10 Å². The minimum Gasteiger partial charge on any atom is -0.200 e. The van der Waals surface area contributed by atoms with Crippen LogP contribution in [0.2, 0.25) is 0 Å². The van der Waals surface area contributed by atoms with Gasteiger partial charge in [-0.15, -0.1) is 0 Å². The molecule has 0 fully saturated rings. The molecule has 0 aliphatic rings. The Balaban J connectivity index is 3.40. The quantitative estimate of drug-likeness (QED) is 0.406. The van der Waals surface area contributed by atoms with E-state index in [9.17, 15) is 5.11 Å². The van der Waals surface area contributed by atoms with Crippen LogP contribution >= 0.6 is 0 Å². The SMILES string of the molecule is N#CC([O])C#N. The largest absolute Gasteiger partial charge is 0.263 e. The molecule has 0 atom stereocenters. The van der Waals surface area contributed by atoms with Crippen molar-refractivity contribution < 1.29 is 5.11 Å². The minimum absolute atomic E-state index is 1.20. The van der Waals surface area contributed by atoms with Gasteiger partial charge in [-0.3, -0.25) is 0 Å². The molecule has 1 radical (unpaired) electrons. The normalized spacial score (nSPS) is 6.67. The van der Waals surface area contributed by atoms with Crippen LogP contribution in [0.4, 0.5) is 0 Å². The van der Waals surface area contributed by atoms with E-state index in [-0.39, 0.29) is 0 Å². The van der Waals surface area contributed by atoms with E-state index in [0.29, 0.717) is 0 Å². The van der Waals surface area contributed by atoms with Gasteiger partial charge in [0.15, 0.2) is 0 Å². The zero-order valence-corrected chi connectivity index (χ0v) is 2.88. The third-order valence-corrected chi connectivity index (χ3v) is 0.235. The molecular formula is C3HN2O. The molecule has 0 aromatic heterocycles. The van der Waals surface area contributed by atoms with E-state index in [4.69, 9.17) is 10.5 Å². The third-order valence-electron chi connectivity index (χ3n) is 0.235. The maximum Gasteiger partial charge on any atom is 0.263 e. The van der Waals surface area contributed by atoms with Crippen LogP contribution in [0.15, 0.2) is 0 Å². The van der Waals surface area contributed by atoms with Crippen molar-refractivity contribution in [3.63, 3.8) is 0 Å². The topological polar surface area (TPSA) is 67.5 Å². The third kappa shape index (κ3) is 1.28. The molecule has 0 rings (SSSR count). The van der Waals surface area contributed by atoms with Crippen molar-refractivity contribution in [1.29, 1.82) is 10.5 Å². The highest BCUT2D eigenvalue weighted by Gasteiger charge is 1.94. The fourth-order valence-electron chi connectivity index (χ4n) is 0.0289. The molecule has 6 heavy (non-hydrogen) atoms. The molecule has 0 aromatic rings. The lowest BCUT2D eigenvalue weighted by Gasteiger charge is -1.68. The zero-order valence-electron chi connectivity index (χ0n) is 2.88. The van der Waals surface area contributed by atoms with E-state index in [1.165, 1.54) is 12.1 Å². The standard InChI is InChI=1S/C3HN2O/c4-1-3(6)2-5/h3H. The molecule has 3 heteroatoms. The first-order valence-electron chi connectivity index (χ1n) is 1.26. The highest BCUT2D eigenvalue weighted by molar-refractivity contribution is 4.98. The Labute approximate surface area is 35.0 Å². The molecular weight excluding hydrogens is 80.0 g/mol. The van der Waals surface area contributed by atoms with Crippen LogP contribution in [0, 0.1) is 22.7 Å². The molecule has 0 saturated heterocycles. The second kappa shape index (κ2) is 2.19. The van der Waals surface area contributed by atoms with Crippen LogP contribution in [0.5, 0.6) is 0 Å². The van der Waals surface area contributed by atoms with Gasteiger partial charge in [0.25, 0.3) is 6.10 Å². The van der Waals surface area contributed by atoms with E-state index < -0.39 is 6.10 Å². The number of hydrogen-bond donors (Lipinski definition) is 0. The summed E-state index contributed by atoms with van der Waals surface area (Å²) in [5.74, 6) is 0. The van der Waals surface area contributed by atoms with Crippen molar-refractivity contribution in [3.8, 4) is 12.1 Å². The maximum atomic E-state index is 9.54. The second-order valence-electron chi connectivity index (χ2n) is 0.638. The average Bonchev–Trinajstić information content (AvgIpc) is 1.65. The molecule has 0 aliphatic carbocycles. The van der Waals surface area contributed by atoms with E-state index in [0.717, 1.165) is 0 Å². The Morgan fingerprint density at radius 1 is 1.33 bits per heavy atom. The molecule has 0 heterocycles. The second-order valence-corrected chi connectivity index (χ2v) is 0.638. The van der Waals surface area contributed by atoms with Gasteiger partial charge in [-0.1, -0.05) is 0 Å². The van der Waals surface area contributed by atoms with Crippen LogP contribution in [0.3, 0.4) is 0 Å². The van der Waals surface area contributed by atoms with Gasteiger partial charge in [0.05, 0.1) is 0 Å². The Hall–Kier alpha value is -1.06.